The highest BCUT2D eigenvalue weighted by molar-refractivity contribution is 6.30. The third kappa shape index (κ3) is 3.13. The number of carboxylic acids is 1. The summed E-state index contributed by atoms with van der Waals surface area (Å²) in [7, 11) is 0. The number of amides is 2. The molecule has 0 aliphatic carbocycles. The standard InChI is InChI=1S/C15H19ClN2O3/c1-2-8-15(13(19)20)9-3-10-18(15)14(21)17-12-6-4-11(16)5-7-12/h4-7H,2-3,8-10H2,1H3,(H,17,21)(H,19,20). The van der Waals surface area contributed by atoms with Crippen LogP contribution in [0, 0.1) is 0 Å². The predicted molar refractivity (Wildman–Crippen MR) is 81.7 cm³/mol. The number of urea groups is 1. The maximum absolute atomic E-state index is 12.4. The Balaban J connectivity index is 2.16. The van der Waals surface area contributed by atoms with Crippen molar-refractivity contribution in [1.29, 1.82) is 0 Å². The average molecular weight is 311 g/mol. The van der Waals surface area contributed by atoms with Crippen LogP contribution in [0.2, 0.25) is 5.02 Å². The Labute approximate surface area is 128 Å². The Morgan fingerprint density at radius 2 is 2.05 bits per heavy atom. The first-order valence-corrected chi connectivity index (χ1v) is 7.45. The van der Waals surface area contributed by atoms with Crippen LogP contribution in [-0.2, 0) is 4.79 Å². The number of carboxylic acid groups (broad SMARTS) is 1. The number of rotatable bonds is 4. The van der Waals surface area contributed by atoms with Crippen molar-refractivity contribution in [3.63, 3.8) is 0 Å². The molecular formula is C15H19ClN2O3. The lowest BCUT2D eigenvalue weighted by atomic mass is 9.91. The maximum atomic E-state index is 12.4. The van der Waals surface area contributed by atoms with E-state index in [1.54, 1.807) is 24.3 Å². The van der Waals surface area contributed by atoms with Crippen molar-refractivity contribution in [2.24, 2.45) is 0 Å². The second kappa shape index (κ2) is 6.35. The van der Waals surface area contributed by atoms with Gasteiger partial charge in [0.25, 0.3) is 0 Å². The van der Waals surface area contributed by atoms with E-state index in [2.05, 4.69) is 5.32 Å². The predicted octanol–water partition coefficient (Wildman–Crippen LogP) is 3.59. The summed E-state index contributed by atoms with van der Waals surface area (Å²) in [6.45, 7) is 2.39. The van der Waals surface area contributed by atoms with E-state index in [0.29, 0.717) is 36.5 Å². The van der Waals surface area contributed by atoms with Gasteiger partial charge in [0.05, 0.1) is 0 Å². The van der Waals surface area contributed by atoms with E-state index in [4.69, 9.17) is 11.6 Å². The minimum absolute atomic E-state index is 0.370. The van der Waals surface area contributed by atoms with Gasteiger partial charge in [-0.1, -0.05) is 24.9 Å². The molecule has 0 radical (unpaired) electrons. The molecule has 1 atom stereocenters. The number of carbonyl (C=O) groups is 2. The SMILES string of the molecule is CCCC1(C(=O)O)CCCN1C(=O)Nc1ccc(Cl)cc1. The largest absolute Gasteiger partial charge is 0.479 e. The molecule has 1 aliphatic rings. The van der Waals surface area contributed by atoms with Gasteiger partial charge in [0, 0.05) is 17.3 Å². The Hall–Kier alpha value is -1.75. The molecule has 1 unspecified atom stereocenters. The fraction of sp³-hybridized carbons (Fsp3) is 0.467. The monoisotopic (exact) mass is 310 g/mol. The fourth-order valence-electron chi connectivity index (χ4n) is 2.90. The summed E-state index contributed by atoms with van der Waals surface area (Å²) in [6.07, 6.45) is 2.40. The minimum Gasteiger partial charge on any atom is -0.479 e. The van der Waals surface area contributed by atoms with Crippen molar-refractivity contribution in [3.05, 3.63) is 29.3 Å². The molecule has 0 bridgehead atoms. The number of hydrogen-bond acceptors (Lipinski definition) is 2. The molecule has 1 aromatic carbocycles. The van der Waals surface area contributed by atoms with Crippen molar-refractivity contribution in [3.8, 4) is 0 Å². The third-order valence-corrected chi connectivity index (χ3v) is 4.14. The molecule has 5 nitrogen and oxygen atoms in total. The molecule has 2 amide bonds. The lowest BCUT2D eigenvalue weighted by molar-refractivity contribution is -0.148. The van der Waals surface area contributed by atoms with Gasteiger partial charge < -0.3 is 15.3 Å². The minimum atomic E-state index is -1.08. The van der Waals surface area contributed by atoms with E-state index < -0.39 is 11.5 Å². The number of nitrogens with zero attached hydrogens (tertiary/aromatic N) is 1. The van der Waals surface area contributed by atoms with Crippen molar-refractivity contribution in [1.82, 2.24) is 4.90 Å². The normalized spacial score (nSPS) is 21.3. The molecule has 0 aromatic heterocycles. The maximum Gasteiger partial charge on any atom is 0.329 e. The number of carbonyl (C=O) groups excluding carboxylic acids is 1. The number of nitrogens with one attached hydrogen (secondary N) is 1. The van der Waals surface area contributed by atoms with Crippen LogP contribution in [0.25, 0.3) is 0 Å². The summed E-state index contributed by atoms with van der Waals surface area (Å²) >= 11 is 5.80. The molecule has 1 aromatic rings. The molecule has 0 saturated carbocycles. The van der Waals surface area contributed by atoms with Crippen molar-refractivity contribution < 1.29 is 14.7 Å². The van der Waals surface area contributed by atoms with Gasteiger partial charge in [-0.05, 0) is 43.5 Å². The topological polar surface area (TPSA) is 69.6 Å². The number of likely N-dealkylation sites (tertiary alicyclic amines) is 1. The zero-order chi connectivity index (χ0) is 15.5. The zero-order valence-corrected chi connectivity index (χ0v) is 12.7. The Bertz CT molecular complexity index is 532. The molecule has 2 rings (SSSR count). The van der Waals surface area contributed by atoms with E-state index >= 15 is 0 Å². The molecule has 1 aliphatic heterocycles. The van der Waals surface area contributed by atoms with Crippen LogP contribution in [0.4, 0.5) is 10.5 Å². The van der Waals surface area contributed by atoms with Crippen LogP contribution in [-0.4, -0.2) is 34.1 Å². The van der Waals surface area contributed by atoms with E-state index in [0.717, 1.165) is 6.42 Å². The van der Waals surface area contributed by atoms with Crippen LogP contribution < -0.4 is 5.32 Å². The van der Waals surface area contributed by atoms with Crippen molar-refractivity contribution >= 4 is 29.3 Å². The first kappa shape index (κ1) is 15.6. The Kier molecular flexibility index (Phi) is 4.73. The van der Waals surface area contributed by atoms with E-state index in [-0.39, 0.29) is 6.03 Å². The number of hydrogen-bond donors (Lipinski definition) is 2. The molecular weight excluding hydrogens is 292 g/mol. The van der Waals surface area contributed by atoms with Crippen LogP contribution in [0.1, 0.15) is 32.6 Å². The van der Waals surface area contributed by atoms with E-state index in [1.807, 2.05) is 6.92 Å². The van der Waals surface area contributed by atoms with Gasteiger partial charge in [0.1, 0.15) is 5.54 Å². The fourth-order valence-corrected chi connectivity index (χ4v) is 3.03. The Morgan fingerprint density at radius 3 is 2.62 bits per heavy atom. The smallest absolute Gasteiger partial charge is 0.329 e. The van der Waals surface area contributed by atoms with Gasteiger partial charge in [0.2, 0.25) is 0 Å². The first-order valence-electron chi connectivity index (χ1n) is 7.07. The highest BCUT2D eigenvalue weighted by Gasteiger charge is 2.49. The summed E-state index contributed by atoms with van der Waals surface area (Å²) in [5.74, 6) is -0.923. The second-order valence-electron chi connectivity index (χ2n) is 5.28. The van der Waals surface area contributed by atoms with Crippen LogP contribution in [0.15, 0.2) is 24.3 Å². The van der Waals surface area contributed by atoms with Gasteiger partial charge in [-0.15, -0.1) is 0 Å². The zero-order valence-electron chi connectivity index (χ0n) is 11.9. The summed E-state index contributed by atoms with van der Waals surface area (Å²) in [6, 6.07) is 6.37. The highest BCUT2D eigenvalue weighted by Crippen LogP contribution is 2.34. The van der Waals surface area contributed by atoms with Crippen LogP contribution in [0.5, 0.6) is 0 Å². The van der Waals surface area contributed by atoms with Gasteiger partial charge in [-0.2, -0.15) is 0 Å². The number of halogens is 1. The number of anilines is 1. The number of aliphatic carboxylic acids is 1. The average Bonchev–Trinajstić information content (AvgIpc) is 2.87. The van der Waals surface area contributed by atoms with Crippen molar-refractivity contribution in [2.45, 2.75) is 38.1 Å². The van der Waals surface area contributed by atoms with E-state index in [1.165, 1.54) is 4.90 Å². The summed E-state index contributed by atoms with van der Waals surface area (Å²) in [5, 5.41) is 12.9. The van der Waals surface area contributed by atoms with Gasteiger partial charge in [-0.25, -0.2) is 9.59 Å². The van der Waals surface area contributed by atoms with Gasteiger partial charge in [-0.3, -0.25) is 0 Å². The second-order valence-corrected chi connectivity index (χ2v) is 5.72. The quantitative estimate of drug-likeness (QED) is 0.893. The lowest BCUT2D eigenvalue weighted by Gasteiger charge is -2.34. The lowest BCUT2D eigenvalue weighted by Crippen LogP contribution is -2.54. The third-order valence-electron chi connectivity index (χ3n) is 3.89. The molecule has 1 fully saturated rings. The Morgan fingerprint density at radius 1 is 1.38 bits per heavy atom. The number of benzene rings is 1. The summed E-state index contributed by atoms with van der Waals surface area (Å²) in [5.41, 5.74) is -0.474. The molecule has 1 heterocycles. The molecule has 21 heavy (non-hydrogen) atoms. The van der Waals surface area contributed by atoms with Gasteiger partial charge in [0.15, 0.2) is 0 Å². The van der Waals surface area contributed by atoms with Crippen LogP contribution >= 0.6 is 11.6 Å². The molecule has 1 saturated heterocycles. The molecule has 2 N–H and O–H groups in total. The van der Waals surface area contributed by atoms with Crippen molar-refractivity contribution in [2.75, 3.05) is 11.9 Å². The molecule has 6 heteroatoms. The summed E-state index contributed by atoms with van der Waals surface area (Å²) < 4.78 is 0. The molecule has 114 valence electrons. The van der Waals surface area contributed by atoms with Gasteiger partial charge >= 0.3 is 12.0 Å². The molecule has 0 spiro atoms. The van der Waals surface area contributed by atoms with E-state index in [9.17, 15) is 14.7 Å². The first-order chi connectivity index (χ1) is 9.99. The highest BCUT2D eigenvalue weighted by atomic mass is 35.5. The summed E-state index contributed by atoms with van der Waals surface area (Å²) in [4.78, 5) is 25.6. The van der Waals surface area contributed by atoms with Crippen LogP contribution in [0.3, 0.4) is 0 Å².